The van der Waals surface area contributed by atoms with Crippen molar-refractivity contribution in [1.29, 1.82) is 0 Å². The van der Waals surface area contributed by atoms with Crippen LogP contribution in [0.1, 0.15) is 48.6 Å². The van der Waals surface area contributed by atoms with Gasteiger partial charge in [-0.25, -0.2) is 0 Å². The van der Waals surface area contributed by atoms with Crippen LogP contribution in [0.4, 0.5) is 0 Å². The van der Waals surface area contributed by atoms with Crippen LogP contribution in [0.5, 0.6) is 0 Å². The molecule has 1 atom stereocenters. The Bertz CT molecular complexity index is 464. The Morgan fingerprint density at radius 3 is 3.00 bits per heavy atom. The second-order valence-corrected chi connectivity index (χ2v) is 4.66. The van der Waals surface area contributed by atoms with Crippen LogP contribution in [-0.4, -0.2) is 17.0 Å². The molecule has 1 heterocycles. The van der Waals surface area contributed by atoms with Crippen molar-refractivity contribution in [1.82, 2.24) is 5.32 Å². The van der Waals surface area contributed by atoms with E-state index < -0.39 is 5.97 Å². The fourth-order valence-electron chi connectivity index (χ4n) is 2.41. The van der Waals surface area contributed by atoms with E-state index in [1.165, 1.54) is 0 Å². The van der Waals surface area contributed by atoms with E-state index in [-0.39, 0.29) is 24.8 Å². The van der Waals surface area contributed by atoms with Gasteiger partial charge in [0.05, 0.1) is 18.7 Å². The van der Waals surface area contributed by atoms with E-state index in [9.17, 15) is 9.59 Å². The van der Waals surface area contributed by atoms with Crippen molar-refractivity contribution >= 4 is 11.9 Å². The van der Waals surface area contributed by atoms with Gasteiger partial charge in [0, 0.05) is 18.4 Å². The number of aliphatic carboxylic acids is 1. The molecule has 1 aliphatic rings. The lowest BCUT2D eigenvalue weighted by atomic mass is 9.91. The summed E-state index contributed by atoms with van der Waals surface area (Å²) in [5.74, 6) is -0.216. The minimum Gasteiger partial charge on any atom is -0.481 e. The van der Waals surface area contributed by atoms with Gasteiger partial charge in [-0.15, -0.1) is 0 Å². The molecule has 0 saturated heterocycles. The van der Waals surface area contributed by atoms with Crippen LogP contribution in [0.3, 0.4) is 0 Å². The van der Waals surface area contributed by atoms with Crippen LogP contribution in [0, 0.1) is 6.92 Å². The van der Waals surface area contributed by atoms with Crippen molar-refractivity contribution in [3.8, 4) is 0 Å². The Hall–Kier alpha value is -1.78. The lowest BCUT2D eigenvalue weighted by Crippen LogP contribution is -2.31. The highest BCUT2D eigenvalue weighted by atomic mass is 16.4. The van der Waals surface area contributed by atoms with Gasteiger partial charge in [-0.2, -0.15) is 0 Å². The Balaban J connectivity index is 2.00. The predicted octanol–water partition coefficient (Wildman–Crippen LogP) is 1.95. The van der Waals surface area contributed by atoms with Gasteiger partial charge in [-0.3, -0.25) is 9.59 Å². The average molecular weight is 251 g/mol. The van der Waals surface area contributed by atoms with Crippen molar-refractivity contribution in [2.45, 2.75) is 45.1 Å². The van der Waals surface area contributed by atoms with E-state index in [0.717, 1.165) is 36.1 Å². The molecule has 98 valence electrons. The second-order valence-electron chi connectivity index (χ2n) is 4.66. The average Bonchev–Trinajstić information content (AvgIpc) is 2.70. The summed E-state index contributed by atoms with van der Waals surface area (Å²) in [6.45, 7) is 1.96. The highest BCUT2D eigenvalue weighted by molar-refractivity contribution is 5.81. The van der Waals surface area contributed by atoms with Crippen LogP contribution in [0.15, 0.2) is 10.7 Å². The molecule has 5 heteroatoms. The number of carboxylic acid groups (broad SMARTS) is 1. The number of hydrogen-bond donors (Lipinski definition) is 2. The first-order valence-electron chi connectivity index (χ1n) is 6.16. The van der Waals surface area contributed by atoms with E-state index in [2.05, 4.69) is 5.32 Å². The lowest BCUT2D eigenvalue weighted by Gasteiger charge is -2.23. The number of carbonyl (C=O) groups excluding carboxylic acids is 1. The van der Waals surface area contributed by atoms with E-state index in [4.69, 9.17) is 9.52 Å². The maximum atomic E-state index is 11.7. The topological polar surface area (TPSA) is 79.5 Å². The highest BCUT2D eigenvalue weighted by Gasteiger charge is 2.26. The molecular formula is C13H17NO4. The molecule has 0 saturated carbocycles. The second kappa shape index (κ2) is 5.25. The maximum absolute atomic E-state index is 11.7. The van der Waals surface area contributed by atoms with Gasteiger partial charge in [-0.05, 0) is 25.3 Å². The van der Waals surface area contributed by atoms with E-state index in [0.29, 0.717) is 0 Å². The van der Waals surface area contributed by atoms with Crippen molar-refractivity contribution in [2.75, 3.05) is 0 Å². The Morgan fingerprint density at radius 1 is 1.50 bits per heavy atom. The van der Waals surface area contributed by atoms with Gasteiger partial charge >= 0.3 is 5.97 Å². The Labute approximate surface area is 105 Å². The molecule has 1 aromatic rings. The zero-order valence-electron chi connectivity index (χ0n) is 10.4. The molecule has 5 nitrogen and oxygen atoms in total. The minimum atomic E-state index is -0.950. The first-order chi connectivity index (χ1) is 8.58. The van der Waals surface area contributed by atoms with Crippen LogP contribution in [0.2, 0.25) is 0 Å². The molecule has 1 unspecified atom stereocenters. The zero-order valence-corrected chi connectivity index (χ0v) is 10.4. The first kappa shape index (κ1) is 12.7. The summed E-state index contributed by atoms with van der Waals surface area (Å²) >= 11 is 0. The molecule has 0 aliphatic heterocycles. The number of carbonyl (C=O) groups is 2. The number of hydrogen-bond acceptors (Lipinski definition) is 3. The molecule has 1 aromatic heterocycles. The van der Waals surface area contributed by atoms with Gasteiger partial charge in [0.15, 0.2) is 0 Å². The zero-order chi connectivity index (χ0) is 13.1. The maximum Gasteiger partial charge on any atom is 0.303 e. The molecule has 18 heavy (non-hydrogen) atoms. The fraction of sp³-hybridized carbons (Fsp3) is 0.538. The van der Waals surface area contributed by atoms with Crippen molar-refractivity contribution in [2.24, 2.45) is 0 Å². The van der Waals surface area contributed by atoms with Gasteiger partial charge in [-0.1, -0.05) is 0 Å². The van der Waals surface area contributed by atoms with Crippen LogP contribution < -0.4 is 5.32 Å². The monoisotopic (exact) mass is 251 g/mol. The first-order valence-corrected chi connectivity index (χ1v) is 6.16. The standard InChI is InChI=1S/C13H17NO4/c1-8-7-18-10-4-2-3-9(13(8)10)14-11(15)5-6-12(16)17/h7,9H,2-6H2,1H3,(H,14,15)(H,16,17). The van der Waals surface area contributed by atoms with E-state index in [1.807, 2.05) is 6.92 Å². The summed E-state index contributed by atoms with van der Waals surface area (Å²) in [5.41, 5.74) is 2.12. The quantitative estimate of drug-likeness (QED) is 0.857. The SMILES string of the molecule is Cc1coc2c1C(NC(=O)CCC(=O)O)CCC2. The van der Waals surface area contributed by atoms with E-state index >= 15 is 0 Å². The van der Waals surface area contributed by atoms with Crippen molar-refractivity contribution in [3.63, 3.8) is 0 Å². The number of rotatable bonds is 4. The van der Waals surface area contributed by atoms with E-state index in [1.54, 1.807) is 6.26 Å². The van der Waals surface area contributed by atoms with Gasteiger partial charge in [0.1, 0.15) is 5.76 Å². The fourth-order valence-corrected chi connectivity index (χ4v) is 2.41. The molecule has 0 bridgehead atoms. The van der Waals surface area contributed by atoms with Crippen LogP contribution in [-0.2, 0) is 16.0 Å². The lowest BCUT2D eigenvalue weighted by molar-refractivity contribution is -0.139. The molecule has 1 amide bonds. The van der Waals surface area contributed by atoms with Crippen molar-refractivity contribution < 1.29 is 19.1 Å². The number of nitrogens with one attached hydrogen (secondary N) is 1. The smallest absolute Gasteiger partial charge is 0.303 e. The third kappa shape index (κ3) is 2.72. The third-order valence-electron chi connectivity index (χ3n) is 3.25. The van der Waals surface area contributed by atoms with Crippen molar-refractivity contribution in [3.05, 3.63) is 23.2 Å². The normalized spacial score (nSPS) is 18.2. The van der Waals surface area contributed by atoms with Gasteiger partial charge in [0.2, 0.25) is 5.91 Å². The molecule has 0 radical (unpaired) electrons. The molecule has 1 aliphatic carbocycles. The molecule has 2 N–H and O–H groups in total. The number of aryl methyl sites for hydroxylation is 2. The largest absolute Gasteiger partial charge is 0.481 e. The molecule has 0 aromatic carbocycles. The summed E-state index contributed by atoms with van der Waals surface area (Å²) in [6.07, 6.45) is 4.38. The molecule has 0 fully saturated rings. The summed E-state index contributed by atoms with van der Waals surface area (Å²) in [6, 6.07) is -0.0335. The van der Waals surface area contributed by atoms with Crippen LogP contribution in [0.25, 0.3) is 0 Å². The van der Waals surface area contributed by atoms with Gasteiger partial charge in [0.25, 0.3) is 0 Å². The predicted molar refractivity (Wildman–Crippen MR) is 64.1 cm³/mol. The highest BCUT2D eigenvalue weighted by Crippen LogP contribution is 2.33. The third-order valence-corrected chi connectivity index (χ3v) is 3.25. The Morgan fingerprint density at radius 2 is 2.28 bits per heavy atom. The number of amides is 1. The summed E-state index contributed by atoms with van der Waals surface area (Å²) in [7, 11) is 0. The van der Waals surface area contributed by atoms with Crippen LogP contribution >= 0.6 is 0 Å². The minimum absolute atomic E-state index is 0.0259. The molecule has 2 rings (SSSR count). The molecular weight excluding hydrogens is 234 g/mol. The number of fused-ring (bicyclic) bond motifs is 1. The molecule has 0 spiro atoms. The number of carboxylic acids is 1. The summed E-state index contributed by atoms with van der Waals surface area (Å²) in [5, 5.41) is 11.4. The summed E-state index contributed by atoms with van der Waals surface area (Å²) < 4.78 is 5.45. The Kier molecular flexibility index (Phi) is 3.69. The summed E-state index contributed by atoms with van der Waals surface area (Å²) in [4.78, 5) is 22.1. The van der Waals surface area contributed by atoms with Gasteiger partial charge < -0.3 is 14.8 Å². The number of furan rings is 1.